The number of carbonyl (C=O) groups excluding carboxylic acids is 1. The molecule has 0 N–H and O–H groups in total. The number of ketones is 1. The Morgan fingerprint density at radius 3 is 2.37 bits per heavy atom. The van der Waals surface area contributed by atoms with Gasteiger partial charge >= 0.3 is 0 Å². The van der Waals surface area contributed by atoms with Gasteiger partial charge in [0.15, 0.2) is 5.78 Å². The second-order valence-corrected chi connectivity index (χ2v) is 7.75. The molecular weight excluding hydrogens is 398 g/mol. The molecule has 4 rings (SSSR count). The van der Waals surface area contributed by atoms with Crippen LogP contribution in [0.3, 0.4) is 0 Å². The van der Waals surface area contributed by atoms with Gasteiger partial charge in [0, 0.05) is 30.7 Å². The predicted molar refractivity (Wildman–Crippen MR) is 121 cm³/mol. The van der Waals surface area contributed by atoms with Crippen molar-refractivity contribution in [3.05, 3.63) is 87.2 Å². The molecule has 0 unspecified atom stereocenters. The monoisotopic (exact) mass is 419 g/mol. The predicted octanol–water partition coefficient (Wildman–Crippen LogP) is 4.60. The molecule has 0 saturated carbocycles. The van der Waals surface area contributed by atoms with E-state index in [1.807, 2.05) is 47.4 Å². The minimum atomic E-state index is -0.250. The van der Waals surface area contributed by atoms with Gasteiger partial charge in [-0.15, -0.1) is 0 Å². The van der Waals surface area contributed by atoms with Gasteiger partial charge in [-0.25, -0.2) is 4.68 Å². The topological polar surface area (TPSA) is 55.2 Å². The minimum absolute atomic E-state index is 0.240. The number of aromatic nitrogens is 2. The normalized spacial score (nSPS) is 13.9. The van der Waals surface area contributed by atoms with E-state index in [2.05, 4.69) is 5.10 Å². The average molecular weight is 420 g/mol. The largest absolute Gasteiger partial charge is 0.366 e. The highest BCUT2D eigenvalue weighted by atomic mass is 35.5. The summed E-state index contributed by atoms with van der Waals surface area (Å²) in [5, 5.41) is 5.10. The molecular formula is C24H22ClN3O2. The van der Waals surface area contributed by atoms with Crippen molar-refractivity contribution >= 4 is 29.1 Å². The van der Waals surface area contributed by atoms with Crippen molar-refractivity contribution in [3.63, 3.8) is 0 Å². The Morgan fingerprint density at radius 2 is 1.70 bits per heavy atom. The quantitative estimate of drug-likeness (QED) is 0.448. The smallest absolute Gasteiger partial charge is 0.290 e. The molecule has 0 spiro atoms. The number of benzene rings is 2. The Bertz CT molecular complexity index is 1150. The second kappa shape index (κ2) is 8.67. The number of halogens is 1. The molecule has 0 aliphatic carbocycles. The van der Waals surface area contributed by atoms with Gasteiger partial charge in [0.2, 0.25) is 0 Å². The van der Waals surface area contributed by atoms with Crippen molar-refractivity contribution in [2.24, 2.45) is 7.05 Å². The Kier molecular flexibility index (Phi) is 5.81. The summed E-state index contributed by atoms with van der Waals surface area (Å²) in [7, 11) is 1.63. The molecule has 152 valence electrons. The highest BCUT2D eigenvalue weighted by molar-refractivity contribution is 6.30. The summed E-state index contributed by atoms with van der Waals surface area (Å²) in [5.74, 6) is -0.240. The fourth-order valence-corrected chi connectivity index (χ4v) is 3.84. The maximum atomic E-state index is 13.4. The fourth-order valence-electron chi connectivity index (χ4n) is 3.71. The van der Waals surface area contributed by atoms with Crippen LogP contribution in [0.25, 0.3) is 17.3 Å². The summed E-state index contributed by atoms with van der Waals surface area (Å²) >= 11 is 5.94. The number of rotatable bonds is 5. The van der Waals surface area contributed by atoms with Crippen molar-refractivity contribution in [3.8, 4) is 11.3 Å². The Hall–Kier alpha value is -3.18. The summed E-state index contributed by atoms with van der Waals surface area (Å²) < 4.78 is 1.33. The van der Waals surface area contributed by atoms with Crippen LogP contribution in [0.2, 0.25) is 5.02 Å². The zero-order valence-corrected chi connectivity index (χ0v) is 17.5. The molecule has 1 aliphatic heterocycles. The van der Waals surface area contributed by atoms with E-state index in [-0.39, 0.29) is 11.3 Å². The van der Waals surface area contributed by atoms with Gasteiger partial charge < -0.3 is 4.90 Å². The first-order chi connectivity index (χ1) is 14.5. The first-order valence-corrected chi connectivity index (χ1v) is 10.3. The molecule has 2 aromatic carbocycles. The highest BCUT2D eigenvalue weighted by Crippen LogP contribution is 2.30. The van der Waals surface area contributed by atoms with Crippen LogP contribution < -0.4 is 10.5 Å². The van der Waals surface area contributed by atoms with E-state index in [0.717, 1.165) is 37.1 Å². The van der Waals surface area contributed by atoms with Crippen molar-refractivity contribution in [1.29, 1.82) is 0 Å². The van der Waals surface area contributed by atoms with Crippen molar-refractivity contribution < 1.29 is 4.79 Å². The van der Waals surface area contributed by atoms with Gasteiger partial charge in [0.05, 0.1) is 5.56 Å². The van der Waals surface area contributed by atoms with Crippen LogP contribution in [0.5, 0.6) is 0 Å². The molecule has 0 atom stereocenters. The molecule has 30 heavy (non-hydrogen) atoms. The van der Waals surface area contributed by atoms with Crippen LogP contribution in [0.15, 0.2) is 65.5 Å². The lowest BCUT2D eigenvalue weighted by atomic mass is 10.00. The second-order valence-electron chi connectivity index (χ2n) is 7.31. The zero-order chi connectivity index (χ0) is 21.1. The summed E-state index contributed by atoms with van der Waals surface area (Å²) in [4.78, 5) is 28.5. The molecule has 2 heterocycles. The van der Waals surface area contributed by atoms with E-state index in [1.54, 1.807) is 25.3 Å². The summed E-state index contributed by atoms with van der Waals surface area (Å²) in [5.41, 5.74) is 2.72. The maximum absolute atomic E-state index is 13.4. The third-order valence-corrected chi connectivity index (χ3v) is 5.49. The van der Waals surface area contributed by atoms with E-state index in [1.165, 1.54) is 10.8 Å². The minimum Gasteiger partial charge on any atom is -0.366 e. The van der Waals surface area contributed by atoms with Gasteiger partial charge in [-0.3, -0.25) is 9.59 Å². The molecule has 0 bridgehead atoms. The van der Waals surface area contributed by atoms with Crippen molar-refractivity contribution in [2.45, 2.75) is 12.8 Å². The Morgan fingerprint density at radius 1 is 1.03 bits per heavy atom. The average Bonchev–Trinajstić information content (AvgIpc) is 3.29. The van der Waals surface area contributed by atoms with Crippen LogP contribution >= 0.6 is 11.6 Å². The van der Waals surface area contributed by atoms with Crippen molar-refractivity contribution in [1.82, 2.24) is 9.78 Å². The zero-order valence-electron chi connectivity index (χ0n) is 16.7. The number of carbonyl (C=O) groups is 1. The lowest BCUT2D eigenvalue weighted by molar-refractivity contribution is 0.104. The van der Waals surface area contributed by atoms with Gasteiger partial charge in [0.1, 0.15) is 11.4 Å². The molecule has 0 radical (unpaired) electrons. The van der Waals surface area contributed by atoms with Crippen molar-refractivity contribution in [2.75, 3.05) is 18.0 Å². The van der Waals surface area contributed by atoms with Crippen LogP contribution in [-0.4, -0.2) is 28.7 Å². The molecule has 6 heteroatoms. The third-order valence-electron chi connectivity index (χ3n) is 5.23. The Balaban J connectivity index is 1.86. The molecule has 1 fully saturated rings. The SMILES string of the molecule is Cn1nc(-c2ccccc2)c(C(=O)C=Cc2ccc(Cl)cc2)c(N2CCCC2)c1=O. The summed E-state index contributed by atoms with van der Waals surface area (Å²) in [6, 6.07) is 16.7. The molecule has 0 amide bonds. The van der Waals surface area contributed by atoms with Gasteiger partial charge in [-0.2, -0.15) is 5.10 Å². The first kappa shape index (κ1) is 20.1. The molecule has 1 saturated heterocycles. The van der Waals surface area contributed by atoms with Crippen LogP contribution in [0, 0.1) is 0 Å². The fraction of sp³-hybridized carbons (Fsp3) is 0.208. The molecule has 1 aromatic heterocycles. The van der Waals surface area contributed by atoms with Crippen LogP contribution in [0.4, 0.5) is 5.69 Å². The lowest BCUT2D eigenvalue weighted by Gasteiger charge is -2.22. The number of aryl methyl sites for hydroxylation is 1. The highest BCUT2D eigenvalue weighted by Gasteiger charge is 2.27. The van der Waals surface area contributed by atoms with Crippen LogP contribution in [0.1, 0.15) is 28.8 Å². The summed E-state index contributed by atoms with van der Waals surface area (Å²) in [6.07, 6.45) is 5.24. The first-order valence-electron chi connectivity index (χ1n) is 9.94. The van der Waals surface area contributed by atoms with Gasteiger partial charge in [0.25, 0.3) is 5.56 Å². The Labute approximate surface area is 180 Å². The van der Waals surface area contributed by atoms with Crippen LogP contribution in [-0.2, 0) is 7.05 Å². The van der Waals surface area contributed by atoms with E-state index >= 15 is 0 Å². The van der Waals surface area contributed by atoms with Gasteiger partial charge in [-0.05, 0) is 36.6 Å². The number of hydrogen-bond acceptors (Lipinski definition) is 4. The number of allylic oxidation sites excluding steroid dienone is 1. The van der Waals surface area contributed by atoms with E-state index in [0.29, 0.717) is 22.0 Å². The van der Waals surface area contributed by atoms with E-state index in [4.69, 9.17) is 11.6 Å². The van der Waals surface area contributed by atoms with Gasteiger partial charge in [-0.1, -0.05) is 60.1 Å². The number of anilines is 1. The van der Waals surface area contributed by atoms with E-state index < -0.39 is 0 Å². The number of hydrogen-bond donors (Lipinski definition) is 0. The molecule has 5 nitrogen and oxygen atoms in total. The lowest BCUT2D eigenvalue weighted by Crippen LogP contribution is -2.33. The standard InChI is InChI=1S/C24H22ClN3O2/c1-27-24(30)23(28-15-5-6-16-28)21(22(26-27)18-7-3-2-4-8-18)20(29)14-11-17-9-12-19(25)13-10-17/h2-4,7-14H,5-6,15-16H2,1H3. The molecule has 3 aromatic rings. The number of nitrogens with zero attached hydrogens (tertiary/aromatic N) is 3. The van der Waals surface area contributed by atoms with E-state index in [9.17, 15) is 9.59 Å². The maximum Gasteiger partial charge on any atom is 0.290 e. The molecule has 1 aliphatic rings. The third kappa shape index (κ3) is 4.07. The summed E-state index contributed by atoms with van der Waals surface area (Å²) in [6.45, 7) is 1.52.